The lowest BCUT2D eigenvalue weighted by Gasteiger charge is -2.57. The van der Waals surface area contributed by atoms with Gasteiger partial charge in [0.1, 0.15) is 22.8 Å². The second kappa shape index (κ2) is 11.3. The number of aromatic hydroxyl groups is 1. The molecule has 0 radical (unpaired) electrons. The van der Waals surface area contributed by atoms with Crippen molar-refractivity contribution < 1.29 is 44.3 Å². The topological polar surface area (TPSA) is 203 Å². The normalized spacial score (nSPS) is 26.7. The quantitative estimate of drug-likeness (QED) is 0.130. The van der Waals surface area contributed by atoms with Crippen LogP contribution in [0, 0.1) is 11.3 Å². The predicted octanol–water partition coefficient (Wildman–Crippen LogP) is 0.463. The maximum Gasteiger partial charge on any atom is 0.305 e. The Morgan fingerprint density at radius 3 is 2.37 bits per heavy atom. The number of phenols is 1. The van der Waals surface area contributed by atoms with Crippen molar-refractivity contribution in [1.82, 2.24) is 10.2 Å². The van der Waals surface area contributed by atoms with Crippen LogP contribution < -0.4 is 16.0 Å². The zero-order valence-corrected chi connectivity index (χ0v) is 25.3. The Morgan fingerprint density at radius 2 is 1.81 bits per heavy atom. The van der Waals surface area contributed by atoms with Gasteiger partial charge in [-0.15, -0.1) is 0 Å². The molecule has 3 aliphatic rings. The summed E-state index contributed by atoms with van der Waals surface area (Å²) in [5.74, 6) is -6.14. The number of hydrogen-bond acceptors (Lipinski definition) is 12. The Bertz CT molecular complexity index is 1460. The summed E-state index contributed by atoms with van der Waals surface area (Å²) in [6.45, 7) is 2.13. The van der Waals surface area contributed by atoms with E-state index in [1.165, 1.54) is 18.9 Å². The number of carbonyl (C=O) groups excluding carboxylic acids is 4. The number of Topliss-reactive ketones (excluding diaryl/α,β-unsaturated/α-hetero) is 2. The molecule has 1 aromatic carbocycles. The molecule has 43 heavy (non-hydrogen) atoms. The number of carbonyl (C=O) groups is 4. The van der Waals surface area contributed by atoms with Crippen LogP contribution in [0.25, 0.3) is 5.76 Å². The zero-order valence-electron chi connectivity index (χ0n) is 25.3. The van der Waals surface area contributed by atoms with Crippen LogP contribution >= 0.6 is 0 Å². The highest BCUT2D eigenvalue weighted by molar-refractivity contribution is 6.25. The number of rotatable bonds is 9. The van der Waals surface area contributed by atoms with Gasteiger partial charge in [-0.1, -0.05) is 6.92 Å². The fraction of sp³-hybridized carbons (Fsp3) is 0.533. The molecule has 4 rings (SSSR count). The van der Waals surface area contributed by atoms with Gasteiger partial charge in [0.25, 0.3) is 5.91 Å². The first kappa shape index (κ1) is 32.0. The van der Waals surface area contributed by atoms with E-state index < -0.39 is 57.5 Å². The summed E-state index contributed by atoms with van der Waals surface area (Å²) in [7, 11) is 8.04. The number of nitrogens with one attached hydrogen (secondary N) is 1. The van der Waals surface area contributed by atoms with Crippen LogP contribution in [-0.4, -0.2) is 102 Å². The van der Waals surface area contributed by atoms with E-state index in [1.807, 2.05) is 4.90 Å². The lowest BCUT2D eigenvalue weighted by Crippen LogP contribution is -2.71. The first-order valence-corrected chi connectivity index (χ1v) is 14.0. The number of esters is 1. The van der Waals surface area contributed by atoms with E-state index in [-0.39, 0.29) is 48.7 Å². The van der Waals surface area contributed by atoms with Crippen molar-refractivity contribution in [2.24, 2.45) is 17.1 Å². The van der Waals surface area contributed by atoms with Gasteiger partial charge in [-0.3, -0.25) is 24.1 Å². The number of nitrogens with zero attached hydrogens (tertiary/aromatic N) is 2. The van der Waals surface area contributed by atoms with E-state index in [2.05, 4.69) is 10.1 Å². The molecule has 1 fully saturated rings. The van der Waals surface area contributed by atoms with Gasteiger partial charge in [0, 0.05) is 49.3 Å². The third-order valence-corrected chi connectivity index (χ3v) is 9.08. The maximum absolute atomic E-state index is 14.2. The standard InChI is InChI=1S/C30H40N4O9/c1-29-12-14-10-16-17(33(2)3)11-15(13-32-9-7-8-18(35)43-6)22(36)20(16)23(37)19(14)26(39)30(29,42)27(40)21(28(31)41)24(38)25(29)34(4)5/h11,14,25,32,36-37,40,42H,7-10,12-13H2,1-6H3,(H2,31,41)/t14-,25+,29-,30-/m0/s1. The summed E-state index contributed by atoms with van der Waals surface area (Å²) in [5, 5.41) is 49.3. The number of fused-ring (bicyclic) bond motifs is 3. The number of anilines is 1. The van der Waals surface area contributed by atoms with Gasteiger partial charge in [0.2, 0.25) is 5.78 Å². The van der Waals surface area contributed by atoms with E-state index in [0.29, 0.717) is 29.8 Å². The molecule has 0 heterocycles. The molecule has 0 spiro atoms. The number of nitrogens with two attached hydrogens (primary N) is 1. The zero-order chi connectivity index (χ0) is 32.2. The summed E-state index contributed by atoms with van der Waals surface area (Å²) >= 11 is 0. The summed E-state index contributed by atoms with van der Waals surface area (Å²) < 4.78 is 4.64. The molecule has 3 aliphatic carbocycles. The molecule has 234 valence electrons. The third kappa shape index (κ3) is 4.75. The van der Waals surface area contributed by atoms with Crippen LogP contribution in [0.5, 0.6) is 5.75 Å². The average molecular weight is 601 g/mol. The van der Waals surface area contributed by atoms with Crippen molar-refractivity contribution in [3.05, 3.63) is 39.7 Å². The second-order valence-corrected chi connectivity index (χ2v) is 12.2. The third-order valence-electron chi connectivity index (χ3n) is 9.08. The van der Waals surface area contributed by atoms with Crippen LogP contribution in [-0.2, 0) is 36.9 Å². The SMILES string of the molecule is COC(=O)CCCNCc1cc(N(C)C)c2c(c1O)C(O)=C1C(=O)[C@]3(O)C(O)=C(C(N)=O)C(=O)[C@@H](N(C)C)[C@]3(C)C[C@@H]1C2. The van der Waals surface area contributed by atoms with E-state index in [4.69, 9.17) is 5.73 Å². The Balaban J connectivity index is 1.85. The molecular weight excluding hydrogens is 560 g/mol. The molecule has 0 aliphatic heterocycles. The monoisotopic (exact) mass is 600 g/mol. The number of primary amides is 1. The Morgan fingerprint density at radius 1 is 1.16 bits per heavy atom. The van der Waals surface area contributed by atoms with Crippen LogP contribution in [0.15, 0.2) is 23.0 Å². The van der Waals surface area contributed by atoms with Crippen molar-refractivity contribution in [1.29, 1.82) is 0 Å². The number of likely N-dealkylation sites (N-methyl/N-ethyl adjacent to an activating group) is 1. The lowest BCUT2D eigenvalue weighted by atomic mass is 9.50. The van der Waals surface area contributed by atoms with Gasteiger partial charge in [-0.05, 0) is 57.5 Å². The summed E-state index contributed by atoms with van der Waals surface area (Å²) in [6, 6.07) is 0.586. The van der Waals surface area contributed by atoms with E-state index in [0.717, 1.165) is 0 Å². The first-order chi connectivity index (χ1) is 20.0. The van der Waals surface area contributed by atoms with E-state index in [1.54, 1.807) is 34.3 Å². The maximum atomic E-state index is 14.2. The molecule has 1 saturated carbocycles. The van der Waals surface area contributed by atoms with Crippen molar-refractivity contribution >= 4 is 34.9 Å². The Kier molecular flexibility index (Phi) is 8.39. The van der Waals surface area contributed by atoms with Crippen molar-refractivity contribution in [3.8, 4) is 5.75 Å². The average Bonchev–Trinajstić information content (AvgIpc) is 2.91. The van der Waals surface area contributed by atoms with Crippen molar-refractivity contribution in [3.63, 3.8) is 0 Å². The molecule has 1 aromatic rings. The lowest BCUT2D eigenvalue weighted by molar-refractivity contribution is -0.171. The molecule has 13 heteroatoms. The van der Waals surface area contributed by atoms with Crippen molar-refractivity contribution in [2.45, 2.75) is 50.8 Å². The van der Waals surface area contributed by atoms with Gasteiger partial charge < -0.3 is 41.1 Å². The van der Waals surface area contributed by atoms with Gasteiger partial charge >= 0.3 is 5.97 Å². The molecule has 7 N–H and O–H groups in total. The van der Waals surface area contributed by atoms with Crippen molar-refractivity contribution in [2.75, 3.05) is 46.7 Å². The number of methoxy groups -OCH3 is 1. The van der Waals surface area contributed by atoms with Gasteiger partial charge in [0.05, 0.1) is 18.7 Å². The predicted molar refractivity (Wildman–Crippen MR) is 156 cm³/mol. The highest BCUT2D eigenvalue weighted by Gasteiger charge is 2.70. The van der Waals surface area contributed by atoms with Gasteiger partial charge in [-0.2, -0.15) is 0 Å². The number of hydrogen-bond donors (Lipinski definition) is 6. The van der Waals surface area contributed by atoms with Gasteiger partial charge in [0.15, 0.2) is 11.4 Å². The Hall–Kier alpha value is -3.94. The number of aliphatic hydroxyl groups is 3. The van der Waals surface area contributed by atoms with Gasteiger partial charge in [-0.25, -0.2) is 0 Å². The van der Waals surface area contributed by atoms with Crippen LogP contribution in [0.1, 0.15) is 42.9 Å². The summed E-state index contributed by atoms with van der Waals surface area (Å²) in [4.78, 5) is 54.6. The molecule has 0 unspecified atom stereocenters. The molecule has 13 nitrogen and oxygen atoms in total. The second-order valence-electron chi connectivity index (χ2n) is 12.2. The fourth-order valence-electron chi connectivity index (χ4n) is 7.14. The summed E-state index contributed by atoms with van der Waals surface area (Å²) in [5.41, 5.74) is 1.70. The molecule has 0 bridgehead atoms. The molecule has 0 aromatic heterocycles. The number of ether oxygens (including phenoxy) is 1. The largest absolute Gasteiger partial charge is 0.508 e. The molecule has 4 atom stereocenters. The van der Waals surface area contributed by atoms with E-state index in [9.17, 15) is 39.6 Å². The highest BCUT2D eigenvalue weighted by Crippen LogP contribution is 2.59. The fourth-order valence-corrected chi connectivity index (χ4v) is 7.14. The van der Waals surface area contributed by atoms with Crippen LogP contribution in [0.4, 0.5) is 5.69 Å². The van der Waals surface area contributed by atoms with E-state index >= 15 is 0 Å². The first-order valence-electron chi connectivity index (χ1n) is 14.0. The number of aliphatic hydroxyl groups excluding tert-OH is 2. The smallest absolute Gasteiger partial charge is 0.305 e. The Labute approximate surface area is 249 Å². The van der Waals surface area contributed by atoms with Crippen LogP contribution in [0.2, 0.25) is 0 Å². The number of phenolic OH excluding ortho intramolecular Hbond substituents is 1. The molecular formula is C30H40N4O9. The number of ketones is 2. The molecule has 0 saturated heterocycles. The van der Waals surface area contributed by atoms with Crippen LogP contribution in [0.3, 0.4) is 0 Å². The number of amides is 1. The number of benzene rings is 1. The summed E-state index contributed by atoms with van der Waals surface area (Å²) in [6.07, 6.45) is 0.889. The molecule has 1 amide bonds. The minimum absolute atomic E-state index is 0.0180. The highest BCUT2D eigenvalue weighted by atomic mass is 16.5. The minimum Gasteiger partial charge on any atom is -0.508 e. The minimum atomic E-state index is -2.75.